The molecule has 1 aliphatic carbocycles. The van der Waals surface area contributed by atoms with Crippen LogP contribution in [0.5, 0.6) is 0 Å². The minimum atomic E-state index is -0.311. The topological polar surface area (TPSA) is 43.1 Å². The molecule has 16 heavy (non-hydrogen) atoms. The van der Waals surface area contributed by atoms with Crippen LogP contribution >= 0.6 is 0 Å². The molecule has 80 valence electrons. The first kappa shape index (κ1) is 9.55. The number of hydrogen-bond acceptors (Lipinski definition) is 2. The monoisotopic (exact) mass is 211 g/mol. The summed E-state index contributed by atoms with van der Waals surface area (Å²) in [5.41, 5.74) is 8.19. The van der Waals surface area contributed by atoms with E-state index in [-0.39, 0.29) is 11.8 Å². The lowest BCUT2D eigenvalue weighted by Gasteiger charge is -2.21. The Hall–Kier alpha value is -1.67. The average Bonchev–Trinajstić information content (AvgIpc) is 2.31. The Morgan fingerprint density at radius 2 is 1.94 bits per heavy atom. The highest BCUT2D eigenvalue weighted by Crippen LogP contribution is 2.27. The fourth-order valence-electron chi connectivity index (χ4n) is 2.44. The molecule has 3 rings (SSSR count). The molecule has 1 aliphatic rings. The maximum Gasteiger partial charge on any atom is 0.154 e. The molecular formula is C14H13NO. The van der Waals surface area contributed by atoms with Gasteiger partial charge in [0.2, 0.25) is 0 Å². The van der Waals surface area contributed by atoms with Gasteiger partial charge in [-0.3, -0.25) is 4.79 Å². The molecule has 0 radical (unpaired) electrons. The third-order valence-corrected chi connectivity index (χ3v) is 3.34. The summed E-state index contributed by atoms with van der Waals surface area (Å²) in [5, 5.41) is 2.39. The molecule has 1 unspecified atom stereocenters. The molecular weight excluding hydrogens is 198 g/mol. The van der Waals surface area contributed by atoms with Crippen LogP contribution in [-0.4, -0.2) is 11.8 Å². The second-order valence-corrected chi connectivity index (χ2v) is 4.38. The predicted octanol–water partition coefficient (Wildman–Crippen LogP) is 1.83. The van der Waals surface area contributed by atoms with Crippen LogP contribution in [0, 0.1) is 0 Å². The number of hydrogen-bond donors (Lipinski definition) is 1. The molecule has 0 bridgehead atoms. The van der Waals surface area contributed by atoms with Gasteiger partial charge in [0.15, 0.2) is 5.78 Å². The molecule has 0 amide bonds. The molecule has 2 nitrogen and oxygen atoms in total. The van der Waals surface area contributed by atoms with Crippen LogP contribution < -0.4 is 5.73 Å². The largest absolute Gasteiger partial charge is 0.321 e. The number of nitrogens with two attached hydrogens (primary N) is 1. The maximum atomic E-state index is 11.7. The van der Waals surface area contributed by atoms with E-state index < -0.39 is 0 Å². The van der Waals surface area contributed by atoms with Gasteiger partial charge in [-0.2, -0.15) is 0 Å². The van der Waals surface area contributed by atoms with E-state index in [1.54, 1.807) is 0 Å². The van der Waals surface area contributed by atoms with Crippen molar-refractivity contribution in [3.63, 3.8) is 0 Å². The Kier molecular flexibility index (Phi) is 2.04. The summed E-state index contributed by atoms with van der Waals surface area (Å²) in [5.74, 6) is 0.156. The number of carbonyl (C=O) groups excluding carboxylic acids is 1. The van der Waals surface area contributed by atoms with E-state index in [1.807, 2.05) is 12.1 Å². The highest BCUT2D eigenvalue weighted by Gasteiger charge is 2.24. The van der Waals surface area contributed by atoms with E-state index in [2.05, 4.69) is 24.3 Å². The van der Waals surface area contributed by atoms with Crippen molar-refractivity contribution < 1.29 is 4.79 Å². The zero-order valence-electron chi connectivity index (χ0n) is 8.94. The lowest BCUT2D eigenvalue weighted by atomic mass is 9.85. The predicted molar refractivity (Wildman–Crippen MR) is 64.3 cm³/mol. The third-order valence-electron chi connectivity index (χ3n) is 3.34. The molecule has 1 atom stereocenters. The van der Waals surface area contributed by atoms with E-state index in [0.717, 1.165) is 0 Å². The normalized spacial score (nSPS) is 19.8. The maximum absolute atomic E-state index is 11.7. The fraction of sp³-hybridized carbons (Fsp3) is 0.214. The van der Waals surface area contributed by atoms with Crippen molar-refractivity contribution in [2.24, 2.45) is 5.73 Å². The molecule has 0 aromatic heterocycles. The Balaban J connectivity index is 2.27. The summed E-state index contributed by atoms with van der Waals surface area (Å²) < 4.78 is 0. The smallest absolute Gasteiger partial charge is 0.154 e. The van der Waals surface area contributed by atoms with Crippen LogP contribution in [0.4, 0.5) is 0 Å². The summed E-state index contributed by atoms with van der Waals surface area (Å²) in [6.07, 6.45) is 1.16. The van der Waals surface area contributed by atoms with Gasteiger partial charge in [-0.1, -0.05) is 36.4 Å². The Morgan fingerprint density at radius 1 is 1.12 bits per heavy atom. The van der Waals surface area contributed by atoms with Crippen molar-refractivity contribution in [2.75, 3.05) is 0 Å². The highest BCUT2D eigenvalue weighted by atomic mass is 16.1. The molecule has 2 aromatic carbocycles. The van der Waals surface area contributed by atoms with Crippen molar-refractivity contribution in [2.45, 2.75) is 18.9 Å². The summed E-state index contributed by atoms with van der Waals surface area (Å²) >= 11 is 0. The molecule has 0 spiro atoms. The molecule has 0 saturated heterocycles. The van der Waals surface area contributed by atoms with E-state index in [9.17, 15) is 4.79 Å². The lowest BCUT2D eigenvalue weighted by molar-refractivity contribution is -0.120. The number of fused-ring (bicyclic) bond motifs is 3. The van der Waals surface area contributed by atoms with Gasteiger partial charge in [0.05, 0.1) is 6.04 Å². The quantitative estimate of drug-likeness (QED) is 0.722. The SMILES string of the molecule is NC1Cc2ccc3ccccc3c2CC1=O. The zero-order chi connectivity index (χ0) is 11.1. The van der Waals surface area contributed by atoms with Crippen molar-refractivity contribution >= 4 is 16.6 Å². The van der Waals surface area contributed by atoms with Crippen LogP contribution in [0.25, 0.3) is 10.8 Å². The van der Waals surface area contributed by atoms with Gasteiger partial charge in [0.1, 0.15) is 0 Å². The number of rotatable bonds is 0. The number of benzene rings is 2. The van der Waals surface area contributed by atoms with Crippen LogP contribution in [0.15, 0.2) is 36.4 Å². The van der Waals surface area contributed by atoms with Crippen molar-refractivity contribution in [3.05, 3.63) is 47.5 Å². The molecule has 2 aromatic rings. The number of ketones is 1. The van der Waals surface area contributed by atoms with Crippen molar-refractivity contribution in [1.29, 1.82) is 0 Å². The summed E-state index contributed by atoms with van der Waals surface area (Å²) in [6.45, 7) is 0. The van der Waals surface area contributed by atoms with Crippen LogP contribution in [0.2, 0.25) is 0 Å². The Morgan fingerprint density at radius 3 is 2.81 bits per heavy atom. The molecule has 2 N–H and O–H groups in total. The first-order valence-electron chi connectivity index (χ1n) is 5.53. The minimum absolute atomic E-state index is 0.156. The first-order valence-corrected chi connectivity index (χ1v) is 5.53. The number of carbonyl (C=O) groups is 1. The molecule has 0 heterocycles. The van der Waals surface area contributed by atoms with Gasteiger partial charge >= 0.3 is 0 Å². The van der Waals surface area contributed by atoms with E-state index >= 15 is 0 Å². The second-order valence-electron chi connectivity index (χ2n) is 4.38. The summed E-state index contributed by atoms with van der Waals surface area (Å²) in [6, 6.07) is 12.1. The fourth-order valence-corrected chi connectivity index (χ4v) is 2.44. The van der Waals surface area contributed by atoms with Crippen LogP contribution in [0.1, 0.15) is 11.1 Å². The van der Waals surface area contributed by atoms with Crippen LogP contribution in [0.3, 0.4) is 0 Å². The van der Waals surface area contributed by atoms with Crippen molar-refractivity contribution in [3.8, 4) is 0 Å². The Labute approximate surface area is 94.1 Å². The Bertz CT molecular complexity index is 574. The van der Waals surface area contributed by atoms with E-state index in [1.165, 1.54) is 21.9 Å². The standard InChI is InChI=1S/C14H13NO/c15-13-7-10-6-5-9-3-1-2-4-11(9)12(10)8-14(13)16/h1-6,13H,7-8,15H2. The number of Topliss-reactive ketones (excluding diaryl/α,β-unsaturated/α-hetero) is 1. The molecule has 0 saturated carbocycles. The van der Waals surface area contributed by atoms with E-state index in [0.29, 0.717) is 12.8 Å². The molecule has 2 heteroatoms. The summed E-state index contributed by atoms with van der Waals surface area (Å²) in [7, 11) is 0. The minimum Gasteiger partial charge on any atom is -0.321 e. The summed E-state index contributed by atoms with van der Waals surface area (Å²) in [4.78, 5) is 11.7. The van der Waals surface area contributed by atoms with Crippen molar-refractivity contribution in [1.82, 2.24) is 0 Å². The van der Waals surface area contributed by atoms with E-state index in [4.69, 9.17) is 5.73 Å². The zero-order valence-corrected chi connectivity index (χ0v) is 8.94. The van der Waals surface area contributed by atoms with Gasteiger partial charge in [-0.25, -0.2) is 0 Å². The third kappa shape index (κ3) is 1.34. The average molecular weight is 211 g/mol. The van der Waals surface area contributed by atoms with Gasteiger partial charge in [0.25, 0.3) is 0 Å². The highest BCUT2D eigenvalue weighted by molar-refractivity contribution is 5.95. The molecule has 0 fully saturated rings. The second kappa shape index (κ2) is 3.42. The van der Waals surface area contributed by atoms with Gasteiger partial charge < -0.3 is 5.73 Å². The van der Waals surface area contributed by atoms with Gasteiger partial charge in [-0.05, 0) is 28.3 Å². The van der Waals surface area contributed by atoms with Gasteiger partial charge in [-0.15, -0.1) is 0 Å². The first-order chi connectivity index (χ1) is 7.75. The van der Waals surface area contributed by atoms with Gasteiger partial charge in [0, 0.05) is 6.42 Å². The lowest BCUT2D eigenvalue weighted by Crippen LogP contribution is -2.37. The van der Waals surface area contributed by atoms with Crippen LogP contribution in [-0.2, 0) is 17.6 Å². The molecule has 0 aliphatic heterocycles.